The summed E-state index contributed by atoms with van der Waals surface area (Å²) in [5, 5.41) is 11.9. The quantitative estimate of drug-likeness (QED) is 0.384. The number of anilines is 2. The number of hydrogen-bond donors (Lipinski definition) is 4. The lowest BCUT2D eigenvalue weighted by Crippen LogP contribution is -2.34. The van der Waals surface area contributed by atoms with Gasteiger partial charge >= 0.3 is 0 Å². The van der Waals surface area contributed by atoms with Crippen molar-refractivity contribution >= 4 is 43.8 Å². The third-order valence-electron chi connectivity index (χ3n) is 4.61. The van der Waals surface area contributed by atoms with Crippen molar-refractivity contribution in [1.82, 2.24) is 15.6 Å². The van der Waals surface area contributed by atoms with Crippen LogP contribution in [0, 0.1) is 5.82 Å². The van der Waals surface area contributed by atoms with E-state index in [9.17, 15) is 12.8 Å². The molecule has 160 valence electrons. The highest BCUT2D eigenvalue weighted by atomic mass is 35.5. The Balaban J connectivity index is 1.46. The van der Waals surface area contributed by atoms with Crippen LogP contribution in [0.2, 0.25) is 5.02 Å². The molecular formula is C18H25ClFN5O2S2. The van der Waals surface area contributed by atoms with Gasteiger partial charge in [-0.25, -0.2) is 17.8 Å². The summed E-state index contributed by atoms with van der Waals surface area (Å²) < 4.78 is 41.4. The third kappa shape index (κ3) is 6.51. The molecule has 7 nitrogen and oxygen atoms in total. The second kappa shape index (κ2) is 10.5. The molecule has 0 bridgehead atoms. The van der Waals surface area contributed by atoms with Gasteiger partial charge in [-0.3, -0.25) is 4.72 Å². The van der Waals surface area contributed by atoms with Gasteiger partial charge in [-0.2, -0.15) is 0 Å². The Bertz CT molecular complexity index is 890. The third-order valence-corrected chi connectivity index (χ3v) is 7.10. The maximum atomic E-state index is 14.4. The molecule has 1 aromatic carbocycles. The highest BCUT2D eigenvalue weighted by molar-refractivity contribution is 7.93. The number of unbranched alkanes of at least 4 members (excludes halogenated alkanes) is 1. The lowest BCUT2D eigenvalue weighted by molar-refractivity contribution is 0.526. The largest absolute Gasteiger partial charge is 0.384 e. The highest BCUT2D eigenvalue weighted by Gasteiger charge is 2.22. The number of benzene rings is 1. The fourth-order valence-electron chi connectivity index (χ4n) is 3.12. The predicted octanol–water partition coefficient (Wildman–Crippen LogP) is 3.27. The van der Waals surface area contributed by atoms with Gasteiger partial charge in [0.15, 0.2) is 5.13 Å². The second-order valence-electron chi connectivity index (χ2n) is 6.84. The monoisotopic (exact) mass is 461 g/mol. The molecule has 0 amide bonds. The minimum atomic E-state index is -4.10. The lowest BCUT2D eigenvalue weighted by atomic mass is 10.2. The van der Waals surface area contributed by atoms with Gasteiger partial charge in [0.05, 0.1) is 10.7 Å². The Morgan fingerprint density at radius 1 is 1.31 bits per heavy atom. The molecule has 1 saturated heterocycles. The number of rotatable bonds is 11. The van der Waals surface area contributed by atoms with Gasteiger partial charge in [-0.1, -0.05) is 11.6 Å². The molecule has 2 aromatic rings. The van der Waals surface area contributed by atoms with Gasteiger partial charge in [0, 0.05) is 30.7 Å². The first-order chi connectivity index (χ1) is 14.0. The number of aromatic nitrogens is 1. The number of thiazole rings is 1. The average molecular weight is 462 g/mol. The molecule has 2 heterocycles. The summed E-state index contributed by atoms with van der Waals surface area (Å²) in [6.45, 7) is 3.62. The first-order valence-electron chi connectivity index (χ1n) is 9.55. The van der Waals surface area contributed by atoms with Gasteiger partial charge < -0.3 is 16.0 Å². The summed E-state index contributed by atoms with van der Waals surface area (Å²) in [5.74, 6) is -0.869. The van der Waals surface area contributed by atoms with Gasteiger partial charge in [0.2, 0.25) is 0 Å². The fraction of sp³-hybridized carbons (Fsp3) is 0.500. The average Bonchev–Trinajstić information content (AvgIpc) is 3.37. The number of halogens is 2. The van der Waals surface area contributed by atoms with Gasteiger partial charge in [0.25, 0.3) is 10.0 Å². The van der Waals surface area contributed by atoms with Crippen molar-refractivity contribution < 1.29 is 12.8 Å². The summed E-state index contributed by atoms with van der Waals surface area (Å²) >= 11 is 7.28. The molecule has 0 spiro atoms. The van der Waals surface area contributed by atoms with E-state index in [-0.39, 0.29) is 10.2 Å². The molecule has 1 aromatic heterocycles. The Kier molecular flexibility index (Phi) is 8.07. The summed E-state index contributed by atoms with van der Waals surface area (Å²) in [6, 6.07) is 2.81. The maximum absolute atomic E-state index is 14.4. The Morgan fingerprint density at radius 2 is 2.14 bits per heavy atom. The van der Waals surface area contributed by atoms with Crippen LogP contribution in [0.1, 0.15) is 25.7 Å². The molecule has 0 aliphatic carbocycles. The Hall–Kier alpha value is -1.46. The van der Waals surface area contributed by atoms with Crippen LogP contribution in [0.25, 0.3) is 0 Å². The van der Waals surface area contributed by atoms with Crippen LogP contribution in [0.5, 0.6) is 0 Å². The van der Waals surface area contributed by atoms with Gasteiger partial charge in [0.1, 0.15) is 10.7 Å². The van der Waals surface area contributed by atoms with Crippen molar-refractivity contribution in [3.63, 3.8) is 0 Å². The minimum Gasteiger partial charge on any atom is -0.384 e. The van der Waals surface area contributed by atoms with E-state index >= 15 is 0 Å². The predicted molar refractivity (Wildman–Crippen MR) is 116 cm³/mol. The zero-order chi connectivity index (χ0) is 20.7. The van der Waals surface area contributed by atoms with Crippen LogP contribution in [-0.4, -0.2) is 45.6 Å². The van der Waals surface area contributed by atoms with E-state index in [1.807, 2.05) is 0 Å². The number of nitrogens with zero attached hydrogens (tertiary/aromatic N) is 1. The summed E-state index contributed by atoms with van der Waals surface area (Å²) in [5.41, 5.74) is 0.375. The fourth-order valence-corrected chi connectivity index (χ4v) is 5.29. The topological polar surface area (TPSA) is 95.2 Å². The minimum absolute atomic E-state index is 0.149. The van der Waals surface area contributed by atoms with Crippen LogP contribution in [0.15, 0.2) is 28.6 Å². The van der Waals surface area contributed by atoms with Crippen molar-refractivity contribution in [3.05, 3.63) is 34.5 Å². The summed E-state index contributed by atoms with van der Waals surface area (Å²) in [6.07, 6.45) is 5.79. The van der Waals surface area contributed by atoms with E-state index < -0.39 is 20.7 Å². The molecule has 3 rings (SSSR count). The van der Waals surface area contributed by atoms with Crippen molar-refractivity contribution in [1.29, 1.82) is 0 Å². The molecule has 0 unspecified atom stereocenters. The molecule has 29 heavy (non-hydrogen) atoms. The van der Waals surface area contributed by atoms with Crippen LogP contribution in [0.3, 0.4) is 0 Å². The van der Waals surface area contributed by atoms with Crippen LogP contribution < -0.4 is 20.7 Å². The van der Waals surface area contributed by atoms with Crippen LogP contribution >= 0.6 is 22.9 Å². The maximum Gasteiger partial charge on any atom is 0.266 e. The van der Waals surface area contributed by atoms with E-state index in [0.29, 0.717) is 18.3 Å². The molecule has 1 aliphatic heterocycles. The molecule has 1 atom stereocenters. The molecule has 0 radical (unpaired) electrons. The molecule has 4 N–H and O–H groups in total. The second-order valence-corrected chi connectivity index (χ2v) is 9.79. The number of nitrogens with one attached hydrogen (secondary N) is 4. The molecule has 0 saturated carbocycles. The van der Waals surface area contributed by atoms with Crippen molar-refractivity contribution in [2.75, 3.05) is 36.2 Å². The smallest absolute Gasteiger partial charge is 0.266 e. The lowest BCUT2D eigenvalue weighted by Gasteiger charge is -2.13. The zero-order valence-electron chi connectivity index (χ0n) is 15.9. The van der Waals surface area contributed by atoms with Crippen molar-refractivity contribution in [3.8, 4) is 0 Å². The zero-order valence-corrected chi connectivity index (χ0v) is 18.3. The van der Waals surface area contributed by atoms with Crippen molar-refractivity contribution in [2.24, 2.45) is 0 Å². The Morgan fingerprint density at radius 3 is 2.86 bits per heavy atom. The molecule has 1 aliphatic rings. The van der Waals surface area contributed by atoms with Crippen LogP contribution in [0.4, 0.5) is 15.2 Å². The van der Waals surface area contributed by atoms with Gasteiger partial charge in [-0.05, 0) is 50.9 Å². The molecular weight excluding hydrogens is 437 g/mol. The summed E-state index contributed by atoms with van der Waals surface area (Å²) in [7, 11) is -4.10. The molecule has 1 fully saturated rings. The standard InChI is InChI=1S/C18H25ClFN5O2S2/c19-14-10-17(29(26,27)25-18-24-8-9-28-18)15(20)11-16(14)23-6-2-1-5-21-12-13-4-3-7-22-13/h8-11,13,21-23H,1-7,12H2,(H,24,25)/t13-/m1/s1. The van der Waals surface area contributed by atoms with E-state index in [0.717, 1.165) is 55.9 Å². The number of hydrogen-bond acceptors (Lipinski definition) is 7. The van der Waals surface area contributed by atoms with E-state index in [2.05, 4.69) is 25.7 Å². The van der Waals surface area contributed by atoms with E-state index in [1.54, 1.807) is 5.38 Å². The van der Waals surface area contributed by atoms with Crippen molar-refractivity contribution in [2.45, 2.75) is 36.6 Å². The first-order valence-corrected chi connectivity index (χ1v) is 12.3. The Labute approximate surface area is 179 Å². The molecule has 11 heteroatoms. The SMILES string of the molecule is O=S(=O)(Nc1nccs1)c1cc(Cl)c(NCCCCNC[C@H]2CCCN2)cc1F. The highest BCUT2D eigenvalue weighted by Crippen LogP contribution is 2.29. The van der Waals surface area contributed by atoms with E-state index in [4.69, 9.17) is 11.6 Å². The summed E-state index contributed by atoms with van der Waals surface area (Å²) in [4.78, 5) is 3.34. The van der Waals surface area contributed by atoms with E-state index in [1.165, 1.54) is 19.0 Å². The number of sulfonamides is 1. The van der Waals surface area contributed by atoms with Gasteiger partial charge in [-0.15, -0.1) is 11.3 Å². The first kappa shape index (κ1) is 22.2. The van der Waals surface area contributed by atoms with Crippen LogP contribution in [-0.2, 0) is 10.0 Å². The normalized spacial score (nSPS) is 16.8.